The van der Waals surface area contributed by atoms with Crippen LogP contribution in [0.3, 0.4) is 0 Å². The molecular formula is C29H22F3N3O2. The Kier molecular flexibility index (Phi) is 6.40. The molecule has 2 heterocycles. The van der Waals surface area contributed by atoms with Crippen molar-refractivity contribution >= 4 is 33.8 Å². The molecule has 5 aromatic rings. The van der Waals surface area contributed by atoms with Crippen molar-refractivity contribution < 1.29 is 22.7 Å². The molecule has 3 aromatic carbocycles. The first-order valence-corrected chi connectivity index (χ1v) is 11.5. The number of alkyl halides is 3. The zero-order chi connectivity index (χ0) is 26.0. The van der Waals surface area contributed by atoms with Crippen molar-refractivity contribution in [2.24, 2.45) is 0 Å². The number of aromatic nitrogens is 2. The second-order valence-corrected chi connectivity index (χ2v) is 8.41. The van der Waals surface area contributed by atoms with Crippen molar-refractivity contribution in [1.82, 2.24) is 14.9 Å². The molecule has 0 saturated carbocycles. The number of hydrogen-bond acceptors (Lipinski definition) is 3. The molecule has 0 aliphatic heterocycles. The first-order chi connectivity index (χ1) is 17.8. The van der Waals surface area contributed by atoms with Gasteiger partial charge in [0.25, 0.3) is 0 Å². The van der Waals surface area contributed by atoms with Gasteiger partial charge in [0.1, 0.15) is 5.75 Å². The SMILES string of the molecule is COc1ccc(-n2c3ccccc3c3cc(CNC(=O)/C=C/c4ccc(C(F)(F)F)cc4)ncc32)cc1. The van der Waals surface area contributed by atoms with Crippen LogP contribution in [0.4, 0.5) is 13.2 Å². The quantitative estimate of drug-likeness (QED) is 0.269. The minimum atomic E-state index is -4.39. The summed E-state index contributed by atoms with van der Waals surface area (Å²) in [4.78, 5) is 16.9. The number of carbonyl (C=O) groups is 1. The molecule has 37 heavy (non-hydrogen) atoms. The lowest BCUT2D eigenvalue weighted by molar-refractivity contribution is -0.137. The highest BCUT2D eigenvalue weighted by Crippen LogP contribution is 2.32. The second-order valence-electron chi connectivity index (χ2n) is 8.41. The molecule has 8 heteroatoms. The Balaban J connectivity index is 1.35. The van der Waals surface area contributed by atoms with Gasteiger partial charge in [-0.25, -0.2) is 0 Å². The van der Waals surface area contributed by atoms with Crippen LogP contribution in [0.15, 0.2) is 91.1 Å². The fourth-order valence-electron chi connectivity index (χ4n) is 4.21. The number of halogens is 3. The highest BCUT2D eigenvalue weighted by molar-refractivity contribution is 6.09. The highest BCUT2D eigenvalue weighted by atomic mass is 19.4. The number of ether oxygens (including phenoxy) is 1. The minimum absolute atomic E-state index is 0.203. The lowest BCUT2D eigenvalue weighted by Crippen LogP contribution is -2.20. The van der Waals surface area contributed by atoms with Gasteiger partial charge in [-0.1, -0.05) is 30.3 Å². The molecule has 5 nitrogen and oxygen atoms in total. The van der Waals surface area contributed by atoms with Crippen molar-refractivity contribution in [1.29, 1.82) is 0 Å². The molecule has 5 rings (SSSR count). The van der Waals surface area contributed by atoms with Gasteiger partial charge in [-0.2, -0.15) is 13.2 Å². The molecule has 0 aliphatic rings. The molecule has 0 radical (unpaired) electrons. The van der Waals surface area contributed by atoms with Crippen LogP contribution in [0.2, 0.25) is 0 Å². The molecular weight excluding hydrogens is 479 g/mol. The summed E-state index contributed by atoms with van der Waals surface area (Å²) in [5.74, 6) is 0.399. The summed E-state index contributed by atoms with van der Waals surface area (Å²) in [7, 11) is 1.63. The summed E-state index contributed by atoms with van der Waals surface area (Å²) >= 11 is 0. The number of carbonyl (C=O) groups excluding carboxylic acids is 1. The van der Waals surface area contributed by atoms with Crippen molar-refractivity contribution in [3.05, 3.63) is 108 Å². The highest BCUT2D eigenvalue weighted by Gasteiger charge is 2.29. The van der Waals surface area contributed by atoms with Gasteiger partial charge in [0.2, 0.25) is 5.91 Å². The van der Waals surface area contributed by atoms with E-state index in [0.717, 1.165) is 45.4 Å². The third-order valence-electron chi connectivity index (χ3n) is 6.06. The van der Waals surface area contributed by atoms with E-state index < -0.39 is 11.7 Å². The van der Waals surface area contributed by atoms with Crippen LogP contribution in [0.1, 0.15) is 16.8 Å². The first-order valence-electron chi connectivity index (χ1n) is 11.5. The molecule has 0 unspecified atom stereocenters. The second kappa shape index (κ2) is 9.81. The lowest BCUT2D eigenvalue weighted by atomic mass is 10.1. The molecule has 0 spiro atoms. The van der Waals surface area contributed by atoms with E-state index >= 15 is 0 Å². The van der Waals surface area contributed by atoms with Crippen LogP contribution in [-0.2, 0) is 17.5 Å². The number of amides is 1. The van der Waals surface area contributed by atoms with E-state index in [9.17, 15) is 18.0 Å². The van der Waals surface area contributed by atoms with Gasteiger partial charge in [-0.3, -0.25) is 9.78 Å². The Labute approximate surface area is 210 Å². The largest absolute Gasteiger partial charge is 0.497 e. The number of methoxy groups -OCH3 is 1. The summed E-state index contributed by atoms with van der Waals surface area (Å²) < 4.78 is 45.5. The number of para-hydroxylation sites is 1. The summed E-state index contributed by atoms with van der Waals surface area (Å²) in [5.41, 5.74) is 3.39. The fraction of sp³-hybridized carbons (Fsp3) is 0.103. The minimum Gasteiger partial charge on any atom is -0.497 e. The maximum Gasteiger partial charge on any atom is 0.416 e. The smallest absolute Gasteiger partial charge is 0.416 e. The van der Waals surface area contributed by atoms with Crippen molar-refractivity contribution in [2.75, 3.05) is 7.11 Å². The van der Waals surface area contributed by atoms with E-state index in [1.807, 2.05) is 54.6 Å². The van der Waals surface area contributed by atoms with Crippen molar-refractivity contribution in [2.45, 2.75) is 12.7 Å². The fourth-order valence-corrected chi connectivity index (χ4v) is 4.21. The van der Waals surface area contributed by atoms with Crippen molar-refractivity contribution in [3.8, 4) is 11.4 Å². The maximum atomic E-state index is 12.7. The molecule has 0 fully saturated rings. The number of nitrogens with zero attached hydrogens (tertiary/aromatic N) is 2. The zero-order valence-corrected chi connectivity index (χ0v) is 19.8. The van der Waals surface area contributed by atoms with Crippen LogP contribution in [0.5, 0.6) is 5.75 Å². The summed E-state index contributed by atoms with van der Waals surface area (Å²) in [6.45, 7) is 0.203. The summed E-state index contributed by atoms with van der Waals surface area (Å²) in [6, 6.07) is 22.4. The van der Waals surface area contributed by atoms with E-state index in [-0.39, 0.29) is 12.5 Å². The van der Waals surface area contributed by atoms with E-state index in [4.69, 9.17) is 4.74 Å². The maximum absolute atomic E-state index is 12.7. The Bertz CT molecular complexity index is 1600. The Hall–Kier alpha value is -4.59. The van der Waals surface area contributed by atoms with Crippen LogP contribution in [0.25, 0.3) is 33.6 Å². The van der Waals surface area contributed by atoms with Gasteiger partial charge in [0.05, 0.1) is 42.1 Å². The van der Waals surface area contributed by atoms with Crippen molar-refractivity contribution in [3.63, 3.8) is 0 Å². The number of hydrogen-bond donors (Lipinski definition) is 1. The predicted molar refractivity (Wildman–Crippen MR) is 137 cm³/mol. The average molecular weight is 502 g/mol. The monoisotopic (exact) mass is 501 g/mol. The average Bonchev–Trinajstić information content (AvgIpc) is 3.24. The van der Waals surface area contributed by atoms with E-state index in [0.29, 0.717) is 11.3 Å². The topological polar surface area (TPSA) is 56.1 Å². The normalized spacial score (nSPS) is 11.9. The Morgan fingerprint density at radius 1 is 0.973 bits per heavy atom. The van der Waals surface area contributed by atoms with Gasteiger partial charge >= 0.3 is 6.18 Å². The zero-order valence-electron chi connectivity index (χ0n) is 19.8. The predicted octanol–water partition coefficient (Wildman–Crippen LogP) is 6.54. The van der Waals surface area contributed by atoms with Gasteiger partial charge in [-0.15, -0.1) is 0 Å². The molecule has 1 amide bonds. The molecule has 0 bridgehead atoms. The van der Waals surface area contributed by atoms with Gasteiger partial charge in [0.15, 0.2) is 0 Å². The number of fused-ring (bicyclic) bond motifs is 3. The molecule has 0 aliphatic carbocycles. The van der Waals surface area contributed by atoms with Gasteiger partial charge in [0, 0.05) is 22.5 Å². The molecule has 0 atom stereocenters. The lowest BCUT2D eigenvalue weighted by Gasteiger charge is -2.09. The number of benzene rings is 3. The van der Waals surface area contributed by atoms with Crippen LogP contribution in [0, 0.1) is 0 Å². The van der Waals surface area contributed by atoms with E-state index in [1.54, 1.807) is 13.3 Å². The first kappa shape index (κ1) is 24.1. The Morgan fingerprint density at radius 3 is 2.41 bits per heavy atom. The standard InChI is InChI=1S/C29H22F3N3O2/c1-37-23-13-11-22(12-14-23)35-26-5-3-2-4-24(26)25-16-21(33-18-27(25)35)17-34-28(36)15-8-19-6-9-20(10-7-19)29(30,31)32/h2-16,18H,17H2,1H3,(H,34,36)/b15-8+. The number of rotatable bonds is 6. The summed E-state index contributed by atoms with van der Waals surface area (Å²) in [5, 5.41) is 4.85. The van der Waals surface area contributed by atoms with Crippen LogP contribution < -0.4 is 10.1 Å². The third kappa shape index (κ3) is 5.04. The summed E-state index contributed by atoms with van der Waals surface area (Å²) in [6.07, 6.45) is 0.152. The van der Waals surface area contributed by atoms with E-state index in [2.05, 4.69) is 14.9 Å². The number of pyridine rings is 1. The van der Waals surface area contributed by atoms with Crippen LogP contribution in [-0.4, -0.2) is 22.6 Å². The Morgan fingerprint density at radius 2 is 1.70 bits per heavy atom. The molecule has 186 valence electrons. The number of nitrogens with one attached hydrogen (secondary N) is 1. The third-order valence-corrected chi connectivity index (χ3v) is 6.06. The molecule has 2 aromatic heterocycles. The van der Waals surface area contributed by atoms with Gasteiger partial charge < -0.3 is 14.6 Å². The molecule has 0 saturated heterocycles. The van der Waals surface area contributed by atoms with Gasteiger partial charge in [-0.05, 0) is 60.2 Å². The van der Waals surface area contributed by atoms with Crippen LogP contribution >= 0.6 is 0 Å². The molecule has 1 N–H and O–H groups in total. The van der Waals surface area contributed by atoms with E-state index in [1.165, 1.54) is 24.3 Å².